The van der Waals surface area contributed by atoms with E-state index in [1.54, 1.807) is 7.11 Å². The number of nitrogens with one attached hydrogen (secondary N) is 1. The first-order valence-corrected chi connectivity index (χ1v) is 10.1. The number of rotatable bonds is 10. The number of benzene rings is 2. The molecule has 0 bridgehead atoms. The Balaban J connectivity index is 1.48. The van der Waals surface area contributed by atoms with Crippen LogP contribution in [0, 0.1) is 5.92 Å². The summed E-state index contributed by atoms with van der Waals surface area (Å²) in [5.41, 5.74) is 8.31. The van der Waals surface area contributed by atoms with Crippen LogP contribution in [0.5, 0.6) is 5.75 Å². The predicted molar refractivity (Wildman–Crippen MR) is 114 cm³/mol. The number of hydrogen-bond acceptors (Lipinski definition) is 5. The van der Waals surface area contributed by atoms with Gasteiger partial charge in [0.1, 0.15) is 12.4 Å². The zero-order valence-electron chi connectivity index (χ0n) is 17.0. The van der Waals surface area contributed by atoms with Gasteiger partial charge in [-0.2, -0.15) is 0 Å². The lowest BCUT2D eigenvalue weighted by Gasteiger charge is -2.16. The molecule has 3 N–H and O–H groups in total. The fourth-order valence-corrected chi connectivity index (χ4v) is 3.85. The minimum absolute atomic E-state index is 0.0280. The highest BCUT2D eigenvalue weighted by atomic mass is 16.5. The summed E-state index contributed by atoms with van der Waals surface area (Å²) in [6.07, 6.45) is 0. The molecular formula is C23H31N3O3. The molecule has 2 aromatic rings. The summed E-state index contributed by atoms with van der Waals surface area (Å²) < 4.78 is 10.6. The van der Waals surface area contributed by atoms with E-state index in [0.717, 1.165) is 24.4 Å². The van der Waals surface area contributed by atoms with Crippen LogP contribution in [0.1, 0.15) is 17.0 Å². The van der Waals surface area contributed by atoms with E-state index in [2.05, 4.69) is 34.5 Å². The normalized spacial score (nSPS) is 19.2. The van der Waals surface area contributed by atoms with Gasteiger partial charge in [0, 0.05) is 32.7 Å². The highest BCUT2D eigenvalue weighted by Crippen LogP contribution is 2.31. The molecule has 1 fully saturated rings. The lowest BCUT2D eigenvalue weighted by molar-refractivity contribution is -0.122. The third-order valence-corrected chi connectivity index (χ3v) is 5.36. The molecule has 6 heteroatoms. The Labute approximate surface area is 173 Å². The first-order chi connectivity index (χ1) is 14.2. The SMILES string of the molecule is COCCOc1cccc(CNC(=O)CN2C[C@@H](CN)[C@H](c3ccccc3)C2)c1. The minimum Gasteiger partial charge on any atom is -0.491 e. The summed E-state index contributed by atoms with van der Waals surface area (Å²) in [7, 11) is 1.65. The van der Waals surface area contributed by atoms with Gasteiger partial charge >= 0.3 is 0 Å². The second-order valence-electron chi connectivity index (χ2n) is 7.47. The maximum Gasteiger partial charge on any atom is 0.234 e. The summed E-state index contributed by atoms with van der Waals surface area (Å²) >= 11 is 0. The Hall–Kier alpha value is -2.41. The molecule has 2 aromatic carbocycles. The molecule has 0 unspecified atom stereocenters. The van der Waals surface area contributed by atoms with Crippen LogP contribution < -0.4 is 15.8 Å². The van der Waals surface area contributed by atoms with E-state index in [0.29, 0.717) is 44.7 Å². The van der Waals surface area contributed by atoms with Gasteiger partial charge in [0.15, 0.2) is 0 Å². The third-order valence-electron chi connectivity index (χ3n) is 5.36. The van der Waals surface area contributed by atoms with Gasteiger partial charge in [0.05, 0.1) is 13.2 Å². The molecule has 6 nitrogen and oxygen atoms in total. The molecule has 0 saturated carbocycles. The first kappa shape index (κ1) is 21.3. The number of carbonyl (C=O) groups excluding carboxylic acids is 1. The van der Waals surface area contributed by atoms with Crippen LogP contribution >= 0.6 is 0 Å². The second kappa shape index (κ2) is 11.0. The van der Waals surface area contributed by atoms with E-state index in [1.165, 1.54) is 5.56 Å². The molecule has 1 heterocycles. The van der Waals surface area contributed by atoms with Crippen molar-refractivity contribution in [2.75, 3.05) is 46.5 Å². The molecule has 2 atom stereocenters. The number of likely N-dealkylation sites (tertiary alicyclic amines) is 1. The number of carbonyl (C=O) groups is 1. The van der Waals surface area contributed by atoms with Gasteiger partial charge in [-0.05, 0) is 35.7 Å². The molecule has 0 radical (unpaired) electrons. The third kappa shape index (κ3) is 6.29. The number of amides is 1. The minimum atomic E-state index is 0.0280. The fourth-order valence-electron chi connectivity index (χ4n) is 3.85. The number of methoxy groups -OCH3 is 1. The van der Waals surface area contributed by atoms with Crippen LogP contribution in [0.15, 0.2) is 54.6 Å². The Morgan fingerprint density at radius 2 is 1.97 bits per heavy atom. The zero-order valence-corrected chi connectivity index (χ0v) is 17.0. The van der Waals surface area contributed by atoms with Gasteiger partial charge in [0.2, 0.25) is 5.91 Å². The summed E-state index contributed by atoms with van der Waals surface area (Å²) in [5, 5.41) is 3.02. The Morgan fingerprint density at radius 1 is 1.14 bits per heavy atom. The molecule has 0 aliphatic carbocycles. The largest absolute Gasteiger partial charge is 0.491 e. The maximum atomic E-state index is 12.5. The standard InChI is InChI=1S/C23H31N3O3/c1-28-10-11-29-21-9-5-6-18(12-21)14-25-23(27)17-26-15-20(13-24)22(16-26)19-7-3-2-4-8-19/h2-9,12,20,22H,10-11,13-17,24H2,1H3,(H,25,27)/t20-,22+/m1/s1. The number of nitrogens with zero attached hydrogens (tertiary/aromatic N) is 1. The molecule has 1 aliphatic heterocycles. The van der Waals surface area contributed by atoms with E-state index < -0.39 is 0 Å². The molecular weight excluding hydrogens is 366 g/mol. The zero-order chi connectivity index (χ0) is 20.5. The van der Waals surface area contributed by atoms with E-state index in [9.17, 15) is 4.79 Å². The van der Waals surface area contributed by atoms with Crippen molar-refractivity contribution < 1.29 is 14.3 Å². The summed E-state index contributed by atoms with van der Waals surface area (Å²) in [5.74, 6) is 1.58. The van der Waals surface area contributed by atoms with Gasteiger partial charge in [-0.15, -0.1) is 0 Å². The van der Waals surface area contributed by atoms with Crippen LogP contribution in [-0.4, -0.2) is 57.3 Å². The molecule has 1 aliphatic rings. The molecule has 3 rings (SSSR count). The topological polar surface area (TPSA) is 76.8 Å². The fraction of sp³-hybridized carbons (Fsp3) is 0.435. The van der Waals surface area contributed by atoms with Crippen molar-refractivity contribution in [1.82, 2.24) is 10.2 Å². The molecule has 156 valence electrons. The molecule has 0 spiro atoms. The highest BCUT2D eigenvalue weighted by molar-refractivity contribution is 5.78. The van der Waals surface area contributed by atoms with Crippen LogP contribution in [0.25, 0.3) is 0 Å². The lowest BCUT2D eigenvalue weighted by Crippen LogP contribution is -2.36. The van der Waals surface area contributed by atoms with Crippen molar-refractivity contribution in [3.63, 3.8) is 0 Å². The van der Waals surface area contributed by atoms with Crippen LogP contribution in [0.4, 0.5) is 0 Å². The van der Waals surface area contributed by atoms with Crippen molar-refractivity contribution in [3.05, 3.63) is 65.7 Å². The van der Waals surface area contributed by atoms with Gasteiger partial charge in [-0.1, -0.05) is 42.5 Å². The van der Waals surface area contributed by atoms with E-state index in [1.807, 2.05) is 30.3 Å². The van der Waals surface area contributed by atoms with Crippen molar-refractivity contribution in [3.8, 4) is 5.75 Å². The summed E-state index contributed by atoms with van der Waals surface area (Å²) in [6, 6.07) is 18.2. The van der Waals surface area contributed by atoms with E-state index in [4.69, 9.17) is 15.2 Å². The van der Waals surface area contributed by atoms with Crippen molar-refractivity contribution in [2.24, 2.45) is 11.7 Å². The van der Waals surface area contributed by atoms with Crippen molar-refractivity contribution in [2.45, 2.75) is 12.5 Å². The van der Waals surface area contributed by atoms with Crippen molar-refractivity contribution in [1.29, 1.82) is 0 Å². The van der Waals surface area contributed by atoms with Crippen LogP contribution in [-0.2, 0) is 16.1 Å². The monoisotopic (exact) mass is 397 g/mol. The average Bonchev–Trinajstić information content (AvgIpc) is 3.16. The van der Waals surface area contributed by atoms with Gasteiger partial charge in [0.25, 0.3) is 0 Å². The van der Waals surface area contributed by atoms with E-state index >= 15 is 0 Å². The van der Waals surface area contributed by atoms with Crippen LogP contribution in [0.2, 0.25) is 0 Å². The van der Waals surface area contributed by atoms with Crippen LogP contribution in [0.3, 0.4) is 0 Å². The van der Waals surface area contributed by atoms with Gasteiger partial charge in [-0.25, -0.2) is 0 Å². The number of nitrogens with two attached hydrogens (primary N) is 1. The molecule has 1 amide bonds. The highest BCUT2D eigenvalue weighted by Gasteiger charge is 2.33. The van der Waals surface area contributed by atoms with Crippen molar-refractivity contribution >= 4 is 5.91 Å². The van der Waals surface area contributed by atoms with Gasteiger partial charge in [-0.3, -0.25) is 9.69 Å². The average molecular weight is 398 g/mol. The lowest BCUT2D eigenvalue weighted by atomic mass is 9.89. The Bertz CT molecular complexity index is 769. The summed E-state index contributed by atoms with van der Waals surface area (Å²) in [4.78, 5) is 14.7. The van der Waals surface area contributed by atoms with E-state index in [-0.39, 0.29) is 5.91 Å². The Kier molecular flexibility index (Phi) is 8.04. The predicted octanol–water partition coefficient (Wildman–Crippen LogP) is 2.00. The molecule has 0 aromatic heterocycles. The number of hydrogen-bond donors (Lipinski definition) is 2. The first-order valence-electron chi connectivity index (χ1n) is 10.1. The Morgan fingerprint density at radius 3 is 2.72 bits per heavy atom. The maximum absolute atomic E-state index is 12.5. The van der Waals surface area contributed by atoms with Gasteiger partial charge < -0.3 is 20.5 Å². The second-order valence-corrected chi connectivity index (χ2v) is 7.47. The molecule has 29 heavy (non-hydrogen) atoms. The quantitative estimate of drug-likeness (QED) is 0.600. The smallest absolute Gasteiger partial charge is 0.234 e. The summed E-state index contributed by atoms with van der Waals surface area (Å²) in [6.45, 7) is 4.28. The number of ether oxygens (including phenoxy) is 2. The molecule has 1 saturated heterocycles.